The van der Waals surface area contributed by atoms with Gasteiger partial charge in [-0.05, 0) is 18.2 Å². The van der Waals surface area contributed by atoms with Crippen LogP contribution < -0.4 is 5.06 Å². The van der Waals surface area contributed by atoms with E-state index in [2.05, 4.69) is 0 Å². The van der Waals surface area contributed by atoms with Crippen LogP contribution in [-0.4, -0.2) is 64.2 Å². The van der Waals surface area contributed by atoms with E-state index in [9.17, 15) is 15.2 Å². The number of hydrogen-bond acceptors (Lipinski definition) is 6. The predicted molar refractivity (Wildman–Crippen MR) is 87.3 cm³/mol. The average Bonchev–Trinajstić information content (AvgIpc) is 2.66. The van der Waals surface area contributed by atoms with Crippen molar-refractivity contribution in [1.82, 2.24) is 4.90 Å². The maximum absolute atomic E-state index is 12.4. The van der Waals surface area contributed by atoms with Crippen molar-refractivity contribution >= 4 is 23.2 Å². The molecule has 2 N–H and O–H groups in total. The van der Waals surface area contributed by atoms with Gasteiger partial charge >= 0.3 is 11.8 Å². The molecule has 130 valence electrons. The van der Waals surface area contributed by atoms with Crippen LogP contribution in [0.1, 0.15) is 0 Å². The van der Waals surface area contributed by atoms with Gasteiger partial charge < -0.3 is 14.4 Å². The van der Waals surface area contributed by atoms with E-state index in [1.807, 2.05) is 0 Å². The Kier molecular flexibility index (Phi) is 3.90. The van der Waals surface area contributed by atoms with Crippen molar-refractivity contribution < 1.29 is 29.4 Å². The number of allylic oxidation sites excluding steroid dienone is 2. The van der Waals surface area contributed by atoms with Gasteiger partial charge in [0.25, 0.3) is 5.69 Å². The summed E-state index contributed by atoms with van der Waals surface area (Å²) in [7, 11) is 0. The lowest BCUT2D eigenvalue weighted by atomic mass is 10.0. The third-order valence-corrected chi connectivity index (χ3v) is 4.39. The number of hydrogen-bond donors (Lipinski definition) is 2. The Balaban J connectivity index is 1.67. The second kappa shape index (κ2) is 6.23. The normalized spacial score (nSPS) is 22.3. The van der Waals surface area contributed by atoms with Crippen LogP contribution >= 0.6 is 0 Å². The number of morpholine rings is 1. The van der Waals surface area contributed by atoms with Crippen molar-refractivity contribution in [1.29, 1.82) is 0 Å². The van der Waals surface area contributed by atoms with Gasteiger partial charge in [-0.15, -0.1) is 0 Å². The summed E-state index contributed by atoms with van der Waals surface area (Å²) in [6.45, 7) is 1.85. The van der Waals surface area contributed by atoms with Crippen molar-refractivity contribution in [2.45, 2.75) is 6.04 Å². The Bertz CT molecular complexity index is 795. The molecule has 0 aromatic heterocycles. The maximum Gasteiger partial charge on any atom is 0.415 e. The van der Waals surface area contributed by atoms with Crippen LogP contribution in [0, 0.1) is 0 Å². The molecule has 8 nitrogen and oxygen atoms in total. The Labute approximate surface area is 144 Å². The van der Waals surface area contributed by atoms with Crippen LogP contribution in [0.5, 0.6) is 0 Å². The van der Waals surface area contributed by atoms with E-state index in [4.69, 9.17) is 9.47 Å². The standard InChI is InChI=1S/C17H18N3O5/c21-17(18-8-10-24-11-9-18)25-15-7-3-6-14-16(15)20(23)13-5-2-1-4-12(13)19(14)22/h1-7,14,22-23H,8-11H2/q+1. The number of fused-ring (bicyclic) bond motifs is 2. The van der Waals surface area contributed by atoms with Crippen molar-refractivity contribution in [3.63, 3.8) is 0 Å². The molecule has 2 aliphatic heterocycles. The highest BCUT2D eigenvalue weighted by Gasteiger charge is 2.44. The predicted octanol–water partition coefficient (Wildman–Crippen LogP) is 1.66. The smallest absolute Gasteiger partial charge is 0.403 e. The highest BCUT2D eigenvalue weighted by molar-refractivity contribution is 6.06. The largest absolute Gasteiger partial charge is 0.415 e. The van der Waals surface area contributed by atoms with E-state index in [-0.39, 0.29) is 11.5 Å². The number of carbonyl (C=O) groups is 1. The fourth-order valence-electron chi connectivity index (χ4n) is 3.10. The first kappa shape index (κ1) is 15.7. The Morgan fingerprint density at radius 1 is 1.28 bits per heavy atom. The maximum atomic E-state index is 12.4. The summed E-state index contributed by atoms with van der Waals surface area (Å²) < 4.78 is 11.7. The van der Waals surface area contributed by atoms with Gasteiger partial charge in [-0.2, -0.15) is 0 Å². The minimum atomic E-state index is -0.655. The molecule has 8 heteroatoms. The fraction of sp³-hybridized carbons (Fsp3) is 0.294. The number of ether oxygens (including phenoxy) is 2. The Morgan fingerprint density at radius 2 is 2.04 bits per heavy atom. The van der Waals surface area contributed by atoms with Crippen molar-refractivity contribution in [2.75, 3.05) is 31.4 Å². The van der Waals surface area contributed by atoms with E-state index < -0.39 is 12.1 Å². The SMILES string of the molecule is O=C(OC1=CC=CC2C1=[N+](O)c1ccccc1N2O)N1CCOCC1. The summed E-state index contributed by atoms with van der Waals surface area (Å²) in [6.07, 6.45) is 4.48. The molecule has 1 aromatic rings. The van der Waals surface area contributed by atoms with Gasteiger partial charge in [0, 0.05) is 23.9 Å². The molecule has 25 heavy (non-hydrogen) atoms. The van der Waals surface area contributed by atoms with Gasteiger partial charge in [0.15, 0.2) is 6.04 Å². The molecule has 2 heterocycles. The Morgan fingerprint density at radius 3 is 2.84 bits per heavy atom. The van der Waals surface area contributed by atoms with Crippen LogP contribution in [0.2, 0.25) is 0 Å². The van der Waals surface area contributed by atoms with Crippen LogP contribution in [0.4, 0.5) is 16.2 Å². The van der Waals surface area contributed by atoms with Crippen LogP contribution in [0.15, 0.2) is 48.3 Å². The van der Waals surface area contributed by atoms with E-state index in [0.29, 0.717) is 37.7 Å². The number of carbonyl (C=O) groups excluding carboxylic acids is 1. The van der Waals surface area contributed by atoms with Crippen molar-refractivity contribution in [2.24, 2.45) is 0 Å². The third-order valence-electron chi connectivity index (χ3n) is 4.39. The van der Waals surface area contributed by atoms with Crippen molar-refractivity contribution in [3.8, 4) is 0 Å². The zero-order chi connectivity index (χ0) is 17.4. The number of anilines is 1. The minimum absolute atomic E-state index is 0.194. The topological polar surface area (TPSA) is 85.5 Å². The third kappa shape index (κ3) is 2.65. The monoisotopic (exact) mass is 344 g/mol. The van der Waals surface area contributed by atoms with E-state index in [1.165, 1.54) is 0 Å². The molecule has 1 fully saturated rings. The van der Waals surface area contributed by atoms with Crippen LogP contribution in [0.25, 0.3) is 0 Å². The molecular weight excluding hydrogens is 326 g/mol. The zero-order valence-electron chi connectivity index (χ0n) is 13.4. The molecule has 3 aliphatic rings. The first-order valence-corrected chi connectivity index (χ1v) is 8.03. The number of rotatable bonds is 1. The molecule has 1 aromatic carbocycles. The van der Waals surface area contributed by atoms with Gasteiger partial charge in [-0.3, -0.25) is 10.4 Å². The van der Waals surface area contributed by atoms with Gasteiger partial charge in [-0.25, -0.2) is 9.86 Å². The quantitative estimate of drug-likeness (QED) is 0.595. The first-order valence-electron chi connectivity index (χ1n) is 8.03. The van der Waals surface area contributed by atoms with E-state index >= 15 is 0 Å². The van der Waals surface area contributed by atoms with Crippen LogP contribution in [0.3, 0.4) is 0 Å². The zero-order valence-corrected chi connectivity index (χ0v) is 13.4. The summed E-state index contributed by atoms with van der Waals surface area (Å²) in [5.74, 6) is 0.194. The summed E-state index contributed by atoms with van der Waals surface area (Å²) in [6, 6.07) is 6.22. The second-order valence-corrected chi connectivity index (χ2v) is 5.86. The lowest BCUT2D eigenvalue weighted by Crippen LogP contribution is -2.48. The van der Waals surface area contributed by atoms with Gasteiger partial charge in [0.1, 0.15) is 5.69 Å². The molecule has 4 rings (SSSR count). The van der Waals surface area contributed by atoms with E-state index in [1.54, 1.807) is 47.4 Å². The second-order valence-electron chi connectivity index (χ2n) is 5.86. The highest BCUT2D eigenvalue weighted by Crippen LogP contribution is 2.35. The lowest BCUT2D eigenvalue weighted by molar-refractivity contribution is -0.714. The molecule has 0 spiro atoms. The summed E-state index contributed by atoms with van der Waals surface area (Å²) in [5.41, 5.74) is 1.15. The first-order chi connectivity index (χ1) is 12.2. The molecular formula is C17H18N3O5+. The highest BCUT2D eigenvalue weighted by atomic mass is 16.6. The molecule has 1 saturated heterocycles. The van der Waals surface area contributed by atoms with Crippen LogP contribution in [-0.2, 0) is 9.47 Å². The minimum Gasteiger partial charge on any atom is -0.403 e. The number of hydroxylamine groups is 1. The van der Waals surface area contributed by atoms with Gasteiger partial charge in [0.2, 0.25) is 5.76 Å². The molecule has 0 saturated carbocycles. The lowest BCUT2D eigenvalue weighted by Gasteiger charge is -2.30. The van der Waals surface area contributed by atoms with E-state index in [0.717, 1.165) is 9.80 Å². The number of benzene rings is 1. The van der Waals surface area contributed by atoms with Gasteiger partial charge in [-0.1, -0.05) is 18.2 Å². The Hall–Kier alpha value is -2.84. The number of nitrogens with zero attached hydrogens (tertiary/aromatic N) is 3. The molecule has 1 atom stereocenters. The molecule has 1 amide bonds. The fourth-order valence-corrected chi connectivity index (χ4v) is 3.10. The molecule has 1 aliphatic carbocycles. The number of para-hydroxylation sites is 2. The summed E-state index contributed by atoms with van der Waals surface area (Å²) in [4.78, 5) is 13.9. The average molecular weight is 344 g/mol. The molecule has 0 radical (unpaired) electrons. The molecule has 1 unspecified atom stereocenters. The summed E-state index contributed by atoms with van der Waals surface area (Å²) >= 11 is 0. The number of amides is 1. The van der Waals surface area contributed by atoms with Crippen molar-refractivity contribution in [3.05, 3.63) is 48.3 Å². The summed E-state index contributed by atoms with van der Waals surface area (Å²) in [5, 5.41) is 22.2. The molecule has 0 bridgehead atoms. The van der Waals surface area contributed by atoms with Gasteiger partial charge in [0.05, 0.1) is 13.2 Å².